The summed E-state index contributed by atoms with van der Waals surface area (Å²) in [6, 6.07) is 12.3. The second kappa shape index (κ2) is 12.7. The molecule has 0 saturated heterocycles. The standard InChI is InChI=1S/C19H26N4OS.HI/c1-15(17-9-11-25-14-17)12-22-19(20-2)23-13-18(24)21-10-8-16-6-4-3-5-7-16;/h3-7,9,11,14-15H,8,10,12-13H2,1-2H3,(H,21,24)(H2,20,22,23);1H. The van der Waals surface area contributed by atoms with Crippen LogP contribution in [0.3, 0.4) is 0 Å². The van der Waals surface area contributed by atoms with Gasteiger partial charge < -0.3 is 16.0 Å². The van der Waals surface area contributed by atoms with Gasteiger partial charge in [0.1, 0.15) is 0 Å². The van der Waals surface area contributed by atoms with Crippen LogP contribution in [-0.4, -0.2) is 38.5 Å². The van der Waals surface area contributed by atoms with Crippen LogP contribution in [-0.2, 0) is 11.2 Å². The molecule has 142 valence electrons. The maximum Gasteiger partial charge on any atom is 0.239 e. The molecule has 0 bridgehead atoms. The minimum absolute atomic E-state index is 0. The Bertz CT molecular complexity index is 661. The molecule has 1 heterocycles. The molecule has 5 nitrogen and oxygen atoms in total. The van der Waals surface area contributed by atoms with Gasteiger partial charge in [0.15, 0.2) is 5.96 Å². The number of nitrogens with one attached hydrogen (secondary N) is 3. The highest BCUT2D eigenvalue weighted by Crippen LogP contribution is 2.16. The van der Waals surface area contributed by atoms with Crippen LogP contribution in [0.2, 0.25) is 0 Å². The summed E-state index contributed by atoms with van der Waals surface area (Å²) in [6.45, 7) is 3.78. The summed E-state index contributed by atoms with van der Waals surface area (Å²) < 4.78 is 0. The Morgan fingerprint density at radius 3 is 2.58 bits per heavy atom. The Morgan fingerprint density at radius 1 is 1.15 bits per heavy atom. The number of carbonyl (C=O) groups is 1. The number of hydrogen-bond acceptors (Lipinski definition) is 3. The van der Waals surface area contributed by atoms with Gasteiger partial charge in [-0.15, -0.1) is 24.0 Å². The molecule has 0 aliphatic heterocycles. The lowest BCUT2D eigenvalue weighted by Crippen LogP contribution is -2.44. The van der Waals surface area contributed by atoms with Gasteiger partial charge in [-0.1, -0.05) is 37.3 Å². The van der Waals surface area contributed by atoms with Crippen molar-refractivity contribution in [2.45, 2.75) is 19.3 Å². The van der Waals surface area contributed by atoms with Crippen LogP contribution in [0.5, 0.6) is 0 Å². The predicted molar refractivity (Wildman–Crippen MR) is 121 cm³/mol. The summed E-state index contributed by atoms with van der Waals surface area (Å²) in [5, 5.41) is 13.5. The third kappa shape index (κ3) is 8.18. The second-order valence-electron chi connectivity index (χ2n) is 5.85. The van der Waals surface area contributed by atoms with Crippen molar-refractivity contribution in [2.75, 3.05) is 26.7 Å². The zero-order valence-electron chi connectivity index (χ0n) is 15.2. The maximum atomic E-state index is 11.9. The first kappa shape index (κ1) is 22.4. The van der Waals surface area contributed by atoms with Gasteiger partial charge in [0, 0.05) is 20.1 Å². The van der Waals surface area contributed by atoms with E-state index in [4.69, 9.17) is 0 Å². The highest BCUT2D eigenvalue weighted by molar-refractivity contribution is 14.0. The van der Waals surface area contributed by atoms with E-state index in [9.17, 15) is 4.79 Å². The van der Waals surface area contributed by atoms with Gasteiger partial charge in [0.25, 0.3) is 0 Å². The normalized spacial score (nSPS) is 12.0. The summed E-state index contributed by atoms with van der Waals surface area (Å²) in [7, 11) is 1.71. The number of amides is 1. The van der Waals surface area contributed by atoms with Crippen molar-refractivity contribution in [3.63, 3.8) is 0 Å². The highest BCUT2D eigenvalue weighted by atomic mass is 127. The van der Waals surface area contributed by atoms with Gasteiger partial charge in [-0.25, -0.2) is 0 Å². The van der Waals surface area contributed by atoms with Gasteiger partial charge in [-0.05, 0) is 40.3 Å². The minimum Gasteiger partial charge on any atom is -0.356 e. The topological polar surface area (TPSA) is 65.5 Å². The van der Waals surface area contributed by atoms with Crippen molar-refractivity contribution in [3.05, 3.63) is 58.3 Å². The summed E-state index contributed by atoms with van der Waals surface area (Å²) in [5.74, 6) is 0.995. The number of carbonyl (C=O) groups excluding carboxylic acids is 1. The molecule has 0 aliphatic rings. The van der Waals surface area contributed by atoms with Crippen molar-refractivity contribution < 1.29 is 4.79 Å². The first-order valence-corrected chi connectivity index (χ1v) is 9.40. The van der Waals surface area contributed by atoms with Gasteiger partial charge in [-0.3, -0.25) is 9.79 Å². The fourth-order valence-corrected chi connectivity index (χ4v) is 3.14. The Balaban J connectivity index is 0.00000338. The van der Waals surface area contributed by atoms with Crippen molar-refractivity contribution in [3.8, 4) is 0 Å². The SMILES string of the molecule is CN=C(NCC(=O)NCCc1ccccc1)NCC(C)c1ccsc1.I. The number of aliphatic imine (C=N–C) groups is 1. The minimum atomic E-state index is -0.0373. The van der Waals surface area contributed by atoms with Crippen molar-refractivity contribution in [2.24, 2.45) is 4.99 Å². The van der Waals surface area contributed by atoms with Gasteiger partial charge in [0.05, 0.1) is 6.54 Å². The van der Waals surface area contributed by atoms with E-state index in [1.54, 1.807) is 18.4 Å². The molecule has 1 unspecified atom stereocenters. The number of thiophene rings is 1. The molecule has 3 N–H and O–H groups in total. The molecule has 0 fully saturated rings. The Labute approximate surface area is 176 Å². The zero-order chi connectivity index (χ0) is 17.9. The van der Waals surface area contributed by atoms with Gasteiger partial charge >= 0.3 is 0 Å². The van der Waals surface area contributed by atoms with Crippen LogP contribution in [0.25, 0.3) is 0 Å². The molecule has 1 atom stereocenters. The van der Waals surface area contributed by atoms with Crippen LogP contribution in [0.4, 0.5) is 0 Å². The zero-order valence-corrected chi connectivity index (χ0v) is 18.3. The lowest BCUT2D eigenvalue weighted by Gasteiger charge is -2.15. The van der Waals surface area contributed by atoms with Crippen LogP contribution >= 0.6 is 35.3 Å². The number of hydrogen-bond donors (Lipinski definition) is 3. The van der Waals surface area contributed by atoms with Crippen molar-refractivity contribution in [1.82, 2.24) is 16.0 Å². The maximum absolute atomic E-state index is 11.9. The second-order valence-corrected chi connectivity index (χ2v) is 6.63. The van der Waals surface area contributed by atoms with E-state index in [1.165, 1.54) is 11.1 Å². The third-order valence-corrected chi connectivity index (χ3v) is 4.61. The molecular formula is C19H27IN4OS. The largest absolute Gasteiger partial charge is 0.356 e. The Kier molecular flexibility index (Phi) is 11.0. The number of halogens is 1. The van der Waals surface area contributed by atoms with E-state index >= 15 is 0 Å². The molecule has 7 heteroatoms. The Morgan fingerprint density at radius 2 is 1.92 bits per heavy atom. The van der Waals surface area contributed by atoms with E-state index in [-0.39, 0.29) is 36.4 Å². The molecular weight excluding hydrogens is 459 g/mol. The fourth-order valence-electron chi connectivity index (χ4n) is 2.36. The monoisotopic (exact) mass is 486 g/mol. The summed E-state index contributed by atoms with van der Waals surface area (Å²) >= 11 is 1.70. The number of benzene rings is 1. The van der Waals surface area contributed by atoms with E-state index in [1.807, 2.05) is 18.2 Å². The average Bonchev–Trinajstić information content (AvgIpc) is 3.17. The summed E-state index contributed by atoms with van der Waals surface area (Å²) in [5.41, 5.74) is 2.53. The van der Waals surface area contributed by atoms with Crippen LogP contribution in [0.15, 0.2) is 52.2 Å². The molecule has 2 rings (SSSR count). The summed E-state index contributed by atoms with van der Waals surface area (Å²) in [4.78, 5) is 16.1. The number of nitrogens with zero attached hydrogens (tertiary/aromatic N) is 1. The van der Waals surface area contributed by atoms with Crippen molar-refractivity contribution >= 4 is 47.2 Å². The molecule has 2 aromatic rings. The van der Waals surface area contributed by atoms with Crippen molar-refractivity contribution in [1.29, 1.82) is 0 Å². The molecule has 1 amide bonds. The molecule has 26 heavy (non-hydrogen) atoms. The molecule has 1 aromatic heterocycles. The van der Waals surface area contributed by atoms with Crippen LogP contribution in [0, 0.1) is 0 Å². The average molecular weight is 486 g/mol. The quantitative estimate of drug-likeness (QED) is 0.306. The lowest BCUT2D eigenvalue weighted by atomic mass is 10.1. The Hall–Kier alpha value is -1.61. The van der Waals surface area contributed by atoms with E-state index in [2.05, 4.69) is 56.8 Å². The molecule has 1 aromatic carbocycles. The van der Waals surface area contributed by atoms with E-state index < -0.39 is 0 Å². The van der Waals surface area contributed by atoms with Gasteiger partial charge in [-0.2, -0.15) is 11.3 Å². The molecule has 0 aliphatic carbocycles. The fraction of sp³-hybridized carbons (Fsp3) is 0.368. The number of guanidine groups is 1. The third-order valence-electron chi connectivity index (χ3n) is 3.91. The van der Waals surface area contributed by atoms with Crippen LogP contribution < -0.4 is 16.0 Å². The lowest BCUT2D eigenvalue weighted by molar-refractivity contribution is -0.119. The molecule has 0 saturated carbocycles. The smallest absolute Gasteiger partial charge is 0.239 e. The van der Waals surface area contributed by atoms with Crippen LogP contribution in [0.1, 0.15) is 24.0 Å². The van der Waals surface area contributed by atoms with E-state index in [0.717, 1.165) is 13.0 Å². The molecule has 0 radical (unpaired) electrons. The first-order chi connectivity index (χ1) is 12.2. The molecule has 0 spiro atoms. The first-order valence-electron chi connectivity index (χ1n) is 8.46. The van der Waals surface area contributed by atoms with E-state index in [0.29, 0.717) is 18.4 Å². The van der Waals surface area contributed by atoms with Gasteiger partial charge in [0.2, 0.25) is 5.91 Å². The number of rotatable bonds is 8. The summed E-state index contributed by atoms with van der Waals surface area (Å²) in [6.07, 6.45) is 0.831. The predicted octanol–water partition coefficient (Wildman–Crippen LogP) is 2.99. The highest BCUT2D eigenvalue weighted by Gasteiger charge is 2.08.